The predicted molar refractivity (Wildman–Crippen MR) is 64.3 cm³/mol. The zero-order chi connectivity index (χ0) is 13.5. The molecule has 0 aliphatic rings. The van der Waals surface area contributed by atoms with Gasteiger partial charge in [-0.25, -0.2) is 13.6 Å². The standard InChI is InChI=1S/C12H16F2N2O2/c1-8(3-2-6-17)15-12(18)16-11-5-4-9(13)7-10(11)14/h4-5,7-8,17H,2-3,6H2,1H3,(H2,15,16,18). The summed E-state index contributed by atoms with van der Waals surface area (Å²) in [6.45, 7) is 1.83. The number of halogens is 2. The Morgan fingerprint density at radius 2 is 2.17 bits per heavy atom. The van der Waals surface area contributed by atoms with Gasteiger partial charge in [0.15, 0.2) is 0 Å². The summed E-state index contributed by atoms with van der Waals surface area (Å²) in [7, 11) is 0. The molecular weight excluding hydrogens is 242 g/mol. The molecule has 0 aliphatic heterocycles. The lowest BCUT2D eigenvalue weighted by Gasteiger charge is -2.14. The molecule has 100 valence electrons. The average Bonchev–Trinajstić information content (AvgIpc) is 2.30. The molecule has 0 fully saturated rings. The van der Waals surface area contributed by atoms with Crippen LogP contribution in [0.15, 0.2) is 18.2 Å². The largest absolute Gasteiger partial charge is 0.396 e. The third-order valence-electron chi connectivity index (χ3n) is 2.35. The lowest BCUT2D eigenvalue weighted by Crippen LogP contribution is -2.36. The number of rotatable bonds is 5. The molecule has 1 rings (SSSR count). The molecule has 0 aromatic heterocycles. The molecule has 1 unspecified atom stereocenters. The summed E-state index contributed by atoms with van der Waals surface area (Å²) in [5, 5.41) is 13.5. The zero-order valence-electron chi connectivity index (χ0n) is 10.0. The molecule has 3 N–H and O–H groups in total. The van der Waals surface area contributed by atoms with Gasteiger partial charge in [0.25, 0.3) is 0 Å². The van der Waals surface area contributed by atoms with Gasteiger partial charge >= 0.3 is 6.03 Å². The Balaban J connectivity index is 2.49. The van der Waals surface area contributed by atoms with Crippen molar-refractivity contribution in [2.45, 2.75) is 25.8 Å². The van der Waals surface area contributed by atoms with Crippen molar-refractivity contribution in [1.29, 1.82) is 0 Å². The minimum absolute atomic E-state index is 0.0558. The van der Waals surface area contributed by atoms with Crippen molar-refractivity contribution in [1.82, 2.24) is 5.32 Å². The Hall–Kier alpha value is -1.69. The van der Waals surface area contributed by atoms with Crippen molar-refractivity contribution in [3.63, 3.8) is 0 Å². The molecule has 0 aliphatic carbocycles. The summed E-state index contributed by atoms with van der Waals surface area (Å²) in [6, 6.07) is 2.22. The molecule has 0 saturated carbocycles. The van der Waals surface area contributed by atoms with E-state index in [1.165, 1.54) is 0 Å². The number of hydrogen-bond acceptors (Lipinski definition) is 2. The van der Waals surface area contributed by atoms with E-state index in [2.05, 4.69) is 10.6 Å². The third-order valence-corrected chi connectivity index (χ3v) is 2.35. The van der Waals surface area contributed by atoms with Crippen LogP contribution in [0.5, 0.6) is 0 Å². The maximum absolute atomic E-state index is 13.2. The van der Waals surface area contributed by atoms with Gasteiger partial charge in [-0.3, -0.25) is 0 Å². The fourth-order valence-electron chi connectivity index (χ4n) is 1.44. The zero-order valence-corrected chi connectivity index (χ0v) is 10.0. The van der Waals surface area contributed by atoms with Crippen LogP contribution in [-0.4, -0.2) is 23.8 Å². The summed E-state index contributed by atoms with van der Waals surface area (Å²) in [6.07, 6.45) is 1.20. The first kappa shape index (κ1) is 14.4. The number of carbonyl (C=O) groups is 1. The highest BCUT2D eigenvalue weighted by atomic mass is 19.1. The van der Waals surface area contributed by atoms with Gasteiger partial charge in [-0.2, -0.15) is 0 Å². The summed E-state index contributed by atoms with van der Waals surface area (Å²) in [5.41, 5.74) is -0.0803. The van der Waals surface area contributed by atoms with Crippen LogP contribution in [0.1, 0.15) is 19.8 Å². The van der Waals surface area contributed by atoms with Crippen molar-refractivity contribution in [2.75, 3.05) is 11.9 Å². The van der Waals surface area contributed by atoms with Crippen LogP contribution in [0.25, 0.3) is 0 Å². The molecule has 2 amide bonds. The van der Waals surface area contributed by atoms with Crippen LogP contribution >= 0.6 is 0 Å². The van der Waals surface area contributed by atoms with Crippen molar-refractivity contribution in [3.05, 3.63) is 29.8 Å². The van der Waals surface area contributed by atoms with E-state index in [4.69, 9.17) is 5.11 Å². The van der Waals surface area contributed by atoms with Crippen LogP contribution in [0.2, 0.25) is 0 Å². The van der Waals surface area contributed by atoms with Crippen LogP contribution in [0.3, 0.4) is 0 Å². The second-order valence-corrected chi connectivity index (χ2v) is 3.99. The Morgan fingerprint density at radius 1 is 1.44 bits per heavy atom. The number of carbonyl (C=O) groups excluding carboxylic acids is 1. The molecule has 1 aromatic carbocycles. The monoisotopic (exact) mass is 258 g/mol. The molecule has 1 atom stereocenters. The number of urea groups is 1. The maximum Gasteiger partial charge on any atom is 0.319 e. The first-order valence-corrected chi connectivity index (χ1v) is 5.66. The van der Waals surface area contributed by atoms with Crippen LogP contribution in [-0.2, 0) is 0 Å². The van der Waals surface area contributed by atoms with E-state index < -0.39 is 17.7 Å². The summed E-state index contributed by atoms with van der Waals surface area (Å²) >= 11 is 0. The summed E-state index contributed by atoms with van der Waals surface area (Å²) in [5.74, 6) is -1.53. The van der Waals surface area contributed by atoms with Crippen LogP contribution in [0, 0.1) is 11.6 Å². The van der Waals surface area contributed by atoms with Gasteiger partial charge in [-0.05, 0) is 31.9 Å². The van der Waals surface area contributed by atoms with E-state index in [0.717, 1.165) is 12.1 Å². The second kappa shape index (κ2) is 6.90. The highest BCUT2D eigenvalue weighted by molar-refractivity contribution is 5.89. The molecule has 0 bridgehead atoms. The first-order chi connectivity index (χ1) is 8.52. The number of amides is 2. The number of nitrogens with one attached hydrogen (secondary N) is 2. The van der Waals surface area contributed by atoms with Gasteiger partial charge in [-0.1, -0.05) is 0 Å². The molecule has 1 aromatic rings. The van der Waals surface area contributed by atoms with Crippen molar-refractivity contribution in [3.8, 4) is 0 Å². The van der Waals surface area contributed by atoms with Crippen LogP contribution < -0.4 is 10.6 Å². The number of benzene rings is 1. The quantitative estimate of drug-likeness (QED) is 0.758. The third kappa shape index (κ3) is 4.67. The molecule has 0 heterocycles. The molecule has 18 heavy (non-hydrogen) atoms. The molecule has 0 spiro atoms. The fraction of sp³-hybridized carbons (Fsp3) is 0.417. The topological polar surface area (TPSA) is 61.4 Å². The smallest absolute Gasteiger partial charge is 0.319 e. The Morgan fingerprint density at radius 3 is 2.78 bits per heavy atom. The van der Waals surface area contributed by atoms with Crippen LogP contribution in [0.4, 0.5) is 19.3 Å². The number of anilines is 1. The normalized spacial score (nSPS) is 12.0. The highest BCUT2D eigenvalue weighted by Crippen LogP contribution is 2.14. The van der Waals surface area contributed by atoms with E-state index in [1.807, 2.05) is 0 Å². The van der Waals surface area contributed by atoms with Gasteiger partial charge in [0.2, 0.25) is 0 Å². The summed E-state index contributed by atoms with van der Waals surface area (Å²) in [4.78, 5) is 11.5. The minimum Gasteiger partial charge on any atom is -0.396 e. The molecule has 0 radical (unpaired) electrons. The average molecular weight is 258 g/mol. The van der Waals surface area contributed by atoms with Gasteiger partial charge in [0.1, 0.15) is 11.6 Å². The van der Waals surface area contributed by atoms with Gasteiger partial charge in [-0.15, -0.1) is 0 Å². The Labute approximate surface area is 104 Å². The van der Waals surface area contributed by atoms with Gasteiger partial charge in [0, 0.05) is 18.7 Å². The van der Waals surface area contributed by atoms with E-state index in [1.54, 1.807) is 6.92 Å². The lowest BCUT2D eigenvalue weighted by molar-refractivity contribution is 0.245. The van der Waals surface area contributed by atoms with Crippen molar-refractivity contribution in [2.24, 2.45) is 0 Å². The maximum atomic E-state index is 13.2. The van der Waals surface area contributed by atoms with Gasteiger partial charge < -0.3 is 15.7 Å². The highest BCUT2D eigenvalue weighted by Gasteiger charge is 2.10. The molecular formula is C12H16F2N2O2. The SMILES string of the molecule is CC(CCCO)NC(=O)Nc1ccc(F)cc1F. The predicted octanol–water partition coefficient (Wildman–Crippen LogP) is 2.25. The lowest BCUT2D eigenvalue weighted by atomic mass is 10.2. The second-order valence-electron chi connectivity index (χ2n) is 3.99. The van der Waals surface area contributed by atoms with E-state index in [9.17, 15) is 13.6 Å². The number of aliphatic hydroxyl groups is 1. The first-order valence-electron chi connectivity index (χ1n) is 5.66. The number of hydrogen-bond donors (Lipinski definition) is 3. The minimum atomic E-state index is -0.826. The van der Waals surface area contributed by atoms with E-state index in [0.29, 0.717) is 18.9 Å². The Kier molecular flexibility index (Phi) is 5.51. The van der Waals surface area contributed by atoms with Crippen molar-refractivity contribution < 1.29 is 18.7 Å². The molecule has 0 saturated heterocycles. The molecule has 4 nitrogen and oxygen atoms in total. The summed E-state index contributed by atoms with van der Waals surface area (Å²) < 4.78 is 25.9. The van der Waals surface area contributed by atoms with Gasteiger partial charge in [0.05, 0.1) is 5.69 Å². The van der Waals surface area contributed by atoms with E-state index >= 15 is 0 Å². The fourth-order valence-corrected chi connectivity index (χ4v) is 1.44. The van der Waals surface area contributed by atoms with Crippen molar-refractivity contribution >= 4 is 11.7 Å². The molecule has 6 heteroatoms. The number of aliphatic hydroxyl groups excluding tert-OH is 1. The van der Waals surface area contributed by atoms with E-state index in [-0.39, 0.29) is 18.3 Å². The Bertz CT molecular complexity index is 413.